The first-order valence-electron chi connectivity index (χ1n) is 12.5. The molecule has 2 atom stereocenters. The van der Waals surface area contributed by atoms with Crippen molar-refractivity contribution in [1.29, 1.82) is 0 Å². The molecule has 0 aromatic heterocycles. The lowest BCUT2D eigenvalue weighted by Crippen LogP contribution is -2.53. The van der Waals surface area contributed by atoms with E-state index >= 15 is 0 Å². The molecule has 0 heterocycles. The number of phenols is 1. The number of carbonyl (C=O) groups excluding carboxylic acids is 3. The Morgan fingerprint density at radius 2 is 1.66 bits per heavy atom. The molecule has 202 valence electrons. The Morgan fingerprint density at radius 1 is 1.00 bits per heavy atom. The van der Waals surface area contributed by atoms with Gasteiger partial charge in [0.1, 0.15) is 23.4 Å². The van der Waals surface area contributed by atoms with Gasteiger partial charge in [-0.15, -0.1) is 0 Å². The van der Waals surface area contributed by atoms with Crippen molar-refractivity contribution < 1.29 is 24.2 Å². The number of alkyl carbamates (subject to hydrolysis) is 1. The zero-order valence-electron chi connectivity index (χ0n) is 22.1. The standard InChI is InChI=1S/C29H35N3O5S/c1-5-16-32(27(35)24(18-38)31-28(36)37-29(2,3)4)25(20-11-14-23(33)15-12-20)26(34)30-22-13-10-19-8-6-7-9-21(19)17-22/h6-15,17,24-25,33,38H,5,16,18H2,1-4H3,(H,30,34)(H,31,36). The topological polar surface area (TPSA) is 108 Å². The highest BCUT2D eigenvalue weighted by atomic mass is 32.1. The summed E-state index contributed by atoms with van der Waals surface area (Å²) in [6, 6.07) is 17.5. The monoisotopic (exact) mass is 537 g/mol. The maximum Gasteiger partial charge on any atom is 0.408 e. The van der Waals surface area contributed by atoms with Gasteiger partial charge in [0.15, 0.2) is 0 Å². The predicted octanol–water partition coefficient (Wildman–Crippen LogP) is 5.29. The van der Waals surface area contributed by atoms with Crippen LogP contribution in [0.2, 0.25) is 0 Å². The van der Waals surface area contributed by atoms with E-state index in [0.717, 1.165) is 10.8 Å². The third kappa shape index (κ3) is 7.64. The van der Waals surface area contributed by atoms with Crippen LogP contribution >= 0.6 is 12.6 Å². The summed E-state index contributed by atoms with van der Waals surface area (Å²) in [7, 11) is 0. The number of carbonyl (C=O) groups is 3. The van der Waals surface area contributed by atoms with Crippen LogP contribution in [0.15, 0.2) is 66.7 Å². The molecular weight excluding hydrogens is 502 g/mol. The predicted molar refractivity (Wildman–Crippen MR) is 152 cm³/mol. The molecule has 0 saturated heterocycles. The summed E-state index contributed by atoms with van der Waals surface area (Å²) in [6.07, 6.45) is -0.182. The highest BCUT2D eigenvalue weighted by Crippen LogP contribution is 2.27. The van der Waals surface area contributed by atoms with E-state index in [-0.39, 0.29) is 18.0 Å². The summed E-state index contributed by atoms with van der Waals surface area (Å²) in [6.45, 7) is 7.32. The van der Waals surface area contributed by atoms with Crippen molar-refractivity contribution >= 4 is 47.0 Å². The molecule has 0 aliphatic carbocycles. The number of aromatic hydroxyl groups is 1. The van der Waals surface area contributed by atoms with Crippen LogP contribution in [0.4, 0.5) is 10.5 Å². The third-order valence-electron chi connectivity index (χ3n) is 5.71. The Labute approximate surface area is 228 Å². The Balaban J connectivity index is 1.95. The minimum absolute atomic E-state index is 0.00683. The van der Waals surface area contributed by atoms with Crippen LogP contribution in [0.3, 0.4) is 0 Å². The average Bonchev–Trinajstić information content (AvgIpc) is 2.86. The fraction of sp³-hybridized carbons (Fsp3) is 0.345. The molecule has 0 aliphatic heterocycles. The van der Waals surface area contributed by atoms with E-state index in [2.05, 4.69) is 23.3 Å². The molecule has 2 unspecified atom stereocenters. The van der Waals surface area contributed by atoms with E-state index in [4.69, 9.17) is 4.74 Å². The molecule has 9 heteroatoms. The molecule has 0 saturated carbocycles. The molecule has 3 N–H and O–H groups in total. The van der Waals surface area contributed by atoms with E-state index in [1.165, 1.54) is 17.0 Å². The van der Waals surface area contributed by atoms with Gasteiger partial charge < -0.3 is 25.4 Å². The van der Waals surface area contributed by atoms with Crippen LogP contribution in [0.5, 0.6) is 5.75 Å². The van der Waals surface area contributed by atoms with Crippen molar-refractivity contribution in [2.24, 2.45) is 0 Å². The number of nitrogens with one attached hydrogen (secondary N) is 2. The van der Waals surface area contributed by atoms with Crippen molar-refractivity contribution in [1.82, 2.24) is 10.2 Å². The number of ether oxygens (including phenoxy) is 1. The van der Waals surface area contributed by atoms with Gasteiger partial charge in [-0.2, -0.15) is 12.6 Å². The van der Waals surface area contributed by atoms with Crippen molar-refractivity contribution in [3.05, 3.63) is 72.3 Å². The number of rotatable bonds is 9. The second-order valence-corrected chi connectivity index (χ2v) is 10.3. The van der Waals surface area contributed by atoms with Crippen LogP contribution in [0.1, 0.15) is 45.7 Å². The van der Waals surface area contributed by atoms with Crippen molar-refractivity contribution in [2.45, 2.75) is 51.8 Å². The first kappa shape index (κ1) is 28.8. The quantitative estimate of drug-likeness (QED) is 0.278. The highest BCUT2D eigenvalue weighted by molar-refractivity contribution is 7.80. The SMILES string of the molecule is CCCN(C(=O)C(CS)NC(=O)OC(C)(C)C)C(C(=O)Nc1ccc2ccccc2c1)c1ccc(O)cc1. The lowest BCUT2D eigenvalue weighted by atomic mass is 10.0. The van der Waals surface area contributed by atoms with Gasteiger partial charge in [-0.3, -0.25) is 9.59 Å². The largest absolute Gasteiger partial charge is 0.508 e. The number of amides is 3. The minimum Gasteiger partial charge on any atom is -0.508 e. The molecule has 8 nitrogen and oxygen atoms in total. The van der Waals surface area contributed by atoms with E-state index in [1.54, 1.807) is 39.0 Å². The van der Waals surface area contributed by atoms with Crippen LogP contribution < -0.4 is 10.6 Å². The van der Waals surface area contributed by atoms with Gasteiger partial charge in [0, 0.05) is 18.0 Å². The fourth-order valence-electron chi connectivity index (χ4n) is 4.05. The molecule has 3 aromatic rings. The minimum atomic E-state index is -1.03. The number of hydrogen-bond donors (Lipinski definition) is 4. The van der Waals surface area contributed by atoms with Gasteiger partial charge in [0.2, 0.25) is 5.91 Å². The maximum absolute atomic E-state index is 13.8. The number of anilines is 1. The van der Waals surface area contributed by atoms with Gasteiger partial charge in [-0.05, 0) is 67.8 Å². The number of phenolic OH excluding ortho intramolecular Hbond substituents is 1. The molecule has 0 spiro atoms. The van der Waals surface area contributed by atoms with Gasteiger partial charge in [-0.1, -0.05) is 49.4 Å². The summed E-state index contributed by atoms with van der Waals surface area (Å²) in [5.74, 6) is -0.856. The molecule has 38 heavy (non-hydrogen) atoms. The lowest BCUT2D eigenvalue weighted by molar-refractivity contribution is -0.140. The molecule has 3 rings (SSSR count). The Kier molecular flexibility index (Phi) is 9.63. The summed E-state index contributed by atoms with van der Waals surface area (Å²) in [5.41, 5.74) is 0.350. The maximum atomic E-state index is 13.8. The molecule has 0 radical (unpaired) electrons. The molecule has 0 fully saturated rings. The number of nitrogens with zero attached hydrogens (tertiary/aromatic N) is 1. The first-order chi connectivity index (χ1) is 18.0. The second kappa shape index (κ2) is 12.7. The number of thiol groups is 1. The van der Waals surface area contributed by atoms with Crippen molar-refractivity contribution in [3.8, 4) is 5.75 Å². The number of hydrogen-bond acceptors (Lipinski definition) is 6. The van der Waals surface area contributed by atoms with E-state index in [9.17, 15) is 19.5 Å². The summed E-state index contributed by atoms with van der Waals surface area (Å²) < 4.78 is 5.32. The zero-order chi connectivity index (χ0) is 27.9. The van der Waals surface area contributed by atoms with Crippen LogP contribution in [-0.2, 0) is 14.3 Å². The van der Waals surface area contributed by atoms with Gasteiger partial charge >= 0.3 is 6.09 Å². The summed E-state index contributed by atoms with van der Waals surface area (Å²) in [5, 5.41) is 17.4. The normalized spacial score (nSPS) is 12.9. The van der Waals surface area contributed by atoms with Crippen molar-refractivity contribution in [3.63, 3.8) is 0 Å². The second-order valence-electron chi connectivity index (χ2n) is 9.96. The Hall–Kier alpha value is -3.72. The van der Waals surface area contributed by atoms with E-state index in [1.807, 2.05) is 43.3 Å². The lowest BCUT2D eigenvalue weighted by Gasteiger charge is -2.34. The van der Waals surface area contributed by atoms with Crippen LogP contribution in [-0.4, -0.2) is 51.9 Å². The number of fused-ring (bicyclic) bond motifs is 1. The first-order valence-corrected chi connectivity index (χ1v) is 13.1. The molecule has 0 bridgehead atoms. The summed E-state index contributed by atoms with van der Waals surface area (Å²) >= 11 is 4.29. The van der Waals surface area contributed by atoms with Crippen LogP contribution in [0, 0.1) is 0 Å². The average molecular weight is 538 g/mol. The fourth-order valence-corrected chi connectivity index (χ4v) is 4.30. The number of benzene rings is 3. The highest BCUT2D eigenvalue weighted by Gasteiger charge is 2.35. The van der Waals surface area contributed by atoms with Gasteiger partial charge in [-0.25, -0.2) is 4.79 Å². The smallest absolute Gasteiger partial charge is 0.408 e. The van der Waals surface area contributed by atoms with E-state index < -0.39 is 35.6 Å². The zero-order valence-corrected chi connectivity index (χ0v) is 23.0. The molecule has 0 aliphatic rings. The van der Waals surface area contributed by atoms with Crippen molar-refractivity contribution in [2.75, 3.05) is 17.6 Å². The Bertz CT molecular complexity index is 1270. The van der Waals surface area contributed by atoms with E-state index in [0.29, 0.717) is 17.7 Å². The Morgan fingerprint density at radius 3 is 2.26 bits per heavy atom. The van der Waals surface area contributed by atoms with Gasteiger partial charge in [0.05, 0.1) is 0 Å². The third-order valence-corrected chi connectivity index (χ3v) is 6.07. The van der Waals surface area contributed by atoms with Crippen LogP contribution in [0.25, 0.3) is 10.8 Å². The molecule has 3 aromatic carbocycles. The van der Waals surface area contributed by atoms with Gasteiger partial charge in [0.25, 0.3) is 5.91 Å². The molecular formula is C29H35N3O5S. The summed E-state index contributed by atoms with van der Waals surface area (Å²) in [4.78, 5) is 41.4. The molecule has 3 amide bonds.